The Labute approximate surface area is 254 Å². The number of nitrogens with two attached hydrogens (primary N) is 1. The number of carbonyl (C=O) groups is 1. The molecular weight excluding hydrogens is 554 g/mol. The first-order valence-electron chi connectivity index (χ1n) is 15.5. The van der Waals surface area contributed by atoms with Crippen LogP contribution in [0.1, 0.15) is 63.2 Å². The van der Waals surface area contributed by atoms with Gasteiger partial charge in [0.1, 0.15) is 5.92 Å². The van der Waals surface area contributed by atoms with Crippen molar-refractivity contribution in [3.63, 3.8) is 0 Å². The van der Waals surface area contributed by atoms with Crippen LogP contribution in [0, 0.1) is 17.8 Å². The minimum Gasteiger partial charge on any atom is -0.475 e. The molecule has 1 aromatic carbocycles. The van der Waals surface area contributed by atoms with Gasteiger partial charge in [-0.25, -0.2) is 8.78 Å². The maximum absolute atomic E-state index is 13.4. The number of ether oxygens (including phenoxy) is 2. The van der Waals surface area contributed by atoms with Gasteiger partial charge in [-0.15, -0.1) is 0 Å². The van der Waals surface area contributed by atoms with Gasteiger partial charge in [0.15, 0.2) is 5.76 Å². The summed E-state index contributed by atoms with van der Waals surface area (Å²) < 4.78 is 43.8. The van der Waals surface area contributed by atoms with Gasteiger partial charge in [0, 0.05) is 50.6 Å². The van der Waals surface area contributed by atoms with E-state index in [0.29, 0.717) is 49.6 Å². The molecule has 3 fully saturated rings. The molecule has 3 unspecified atom stereocenters. The number of likely N-dealkylation sites (tertiary alicyclic amines) is 2. The molecule has 2 N–H and O–H groups in total. The highest BCUT2D eigenvalue weighted by molar-refractivity contribution is 5.84. The van der Waals surface area contributed by atoms with Crippen LogP contribution in [0.3, 0.4) is 0 Å². The number of alkyl halides is 2. The quantitative estimate of drug-likeness (QED) is 0.336. The zero-order valence-corrected chi connectivity index (χ0v) is 26.1. The van der Waals surface area contributed by atoms with E-state index in [9.17, 15) is 13.6 Å². The first-order valence-corrected chi connectivity index (χ1v) is 15.5. The van der Waals surface area contributed by atoms with Crippen LogP contribution in [0.5, 0.6) is 5.88 Å². The van der Waals surface area contributed by atoms with E-state index in [1.807, 2.05) is 49.1 Å². The third kappa shape index (κ3) is 8.79. The van der Waals surface area contributed by atoms with Crippen molar-refractivity contribution >= 4 is 5.91 Å². The van der Waals surface area contributed by atoms with Gasteiger partial charge in [-0.2, -0.15) is 0 Å². The van der Waals surface area contributed by atoms with Gasteiger partial charge < -0.3 is 29.1 Å². The number of hydrogen-bond donors (Lipinski definition) is 1. The van der Waals surface area contributed by atoms with E-state index in [1.54, 1.807) is 13.2 Å². The Hall–Kier alpha value is -2.98. The number of quaternary nitrogens is 1. The molecule has 2 aromatic rings. The van der Waals surface area contributed by atoms with Crippen LogP contribution in [0.2, 0.25) is 0 Å². The average molecular weight is 604 g/mol. The highest BCUT2D eigenvalue weighted by atomic mass is 19.3. The first-order chi connectivity index (χ1) is 20.4. The lowest BCUT2D eigenvalue weighted by atomic mass is 9.91. The molecule has 5 rings (SSSR count). The number of amides is 1. The second kappa shape index (κ2) is 14.2. The van der Waals surface area contributed by atoms with Gasteiger partial charge in [0.25, 0.3) is 11.8 Å². The highest BCUT2D eigenvalue weighted by Gasteiger charge is 2.60. The summed E-state index contributed by atoms with van der Waals surface area (Å²) in [7, 11) is 3.79. The van der Waals surface area contributed by atoms with Gasteiger partial charge in [-0.05, 0) is 29.5 Å². The fraction of sp³-hybridized carbons (Fsp3) is 0.636. The summed E-state index contributed by atoms with van der Waals surface area (Å²) in [5, 5.41) is 4.06. The third-order valence-electron chi connectivity index (χ3n) is 9.10. The van der Waals surface area contributed by atoms with Crippen molar-refractivity contribution in [2.24, 2.45) is 23.5 Å². The maximum atomic E-state index is 13.4. The van der Waals surface area contributed by atoms with Crippen LogP contribution in [-0.4, -0.2) is 79.4 Å². The lowest BCUT2D eigenvalue weighted by Gasteiger charge is -2.40. The fourth-order valence-corrected chi connectivity index (χ4v) is 6.35. The molecule has 3 aliphatic rings. The second-order valence-corrected chi connectivity index (χ2v) is 13.1. The van der Waals surface area contributed by atoms with E-state index in [2.05, 4.69) is 18.8 Å². The summed E-state index contributed by atoms with van der Waals surface area (Å²) in [6, 6.07) is 11.7. The molecule has 1 saturated carbocycles. The van der Waals surface area contributed by atoms with E-state index in [4.69, 9.17) is 19.7 Å². The number of benzene rings is 1. The molecule has 2 aliphatic heterocycles. The largest absolute Gasteiger partial charge is 0.475 e. The van der Waals surface area contributed by atoms with Crippen molar-refractivity contribution in [3.8, 4) is 5.88 Å². The molecule has 3 heterocycles. The van der Waals surface area contributed by atoms with E-state index >= 15 is 0 Å². The van der Waals surface area contributed by atoms with Crippen LogP contribution in [0.15, 0.2) is 53.2 Å². The molecule has 0 spiro atoms. The predicted molar refractivity (Wildman–Crippen MR) is 161 cm³/mol. The highest BCUT2D eigenvalue weighted by Crippen LogP contribution is 2.50. The Morgan fingerprint density at radius 3 is 2.49 bits per heavy atom. The van der Waals surface area contributed by atoms with Gasteiger partial charge >= 0.3 is 0 Å². The molecule has 0 bridgehead atoms. The van der Waals surface area contributed by atoms with E-state index < -0.39 is 17.8 Å². The molecule has 1 amide bonds. The van der Waals surface area contributed by atoms with Crippen molar-refractivity contribution in [3.05, 3.63) is 60.0 Å². The number of aromatic nitrogens is 1. The summed E-state index contributed by atoms with van der Waals surface area (Å²) in [5.41, 5.74) is 7.67. The molecule has 1 aliphatic carbocycles. The summed E-state index contributed by atoms with van der Waals surface area (Å²) in [6.45, 7) is 12.0. The number of rotatable bonds is 11. The zero-order valence-electron chi connectivity index (χ0n) is 26.1. The van der Waals surface area contributed by atoms with Crippen LogP contribution in [0.4, 0.5) is 8.78 Å². The molecule has 1 aromatic heterocycles. The Balaban J connectivity index is 0.000000403. The molecular formula is C33H49F2N4O4+. The van der Waals surface area contributed by atoms with Crippen LogP contribution >= 0.6 is 0 Å². The number of halogens is 2. The van der Waals surface area contributed by atoms with Crippen molar-refractivity contribution in [1.82, 2.24) is 10.1 Å². The van der Waals surface area contributed by atoms with Gasteiger partial charge in [0.05, 0.1) is 51.9 Å². The van der Waals surface area contributed by atoms with Crippen molar-refractivity contribution in [2.45, 2.75) is 70.4 Å². The first kappa shape index (κ1) is 32.9. The Morgan fingerprint density at radius 2 is 1.91 bits per heavy atom. The average Bonchev–Trinajstić information content (AvgIpc) is 3.36. The molecule has 10 heteroatoms. The number of hydrogen-bond acceptors (Lipinski definition) is 6. The monoisotopic (exact) mass is 603 g/mol. The molecule has 43 heavy (non-hydrogen) atoms. The van der Waals surface area contributed by atoms with Crippen molar-refractivity contribution in [1.29, 1.82) is 0 Å². The minimum atomic E-state index is -2.45. The summed E-state index contributed by atoms with van der Waals surface area (Å²) in [6.07, 6.45) is 3.66. The molecule has 238 valence electrons. The van der Waals surface area contributed by atoms with Crippen molar-refractivity contribution < 1.29 is 32.1 Å². The Morgan fingerprint density at radius 1 is 1.23 bits per heavy atom. The van der Waals surface area contributed by atoms with Crippen molar-refractivity contribution in [2.75, 3.05) is 46.9 Å². The molecule has 0 radical (unpaired) electrons. The lowest BCUT2D eigenvalue weighted by Crippen LogP contribution is -2.51. The van der Waals surface area contributed by atoms with Crippen LogP contribution in [-0.2, 0) is 16.1 Å². The zero-order chi connectivity index (χ0) is 31.2. The van der Waals surface area contributed by atoms with Crippen LogP contribution in [0.25, 0.3) is 0 Å². The number of piperidine rings is 1. The topological polar surface area (TPSA) is 90.8 Å². The molecule has 2 saturated heterocycles. The number of nitrogens with zero attached hydrogens (tertiary/aromatic N) is 3. The van der Waals surface area contributed by atoms with E-state index in [0.717, 1.165) is 43.3 Å². The molecule has 8 nitrogen and oxygen atoms in total. The second-order valence-electron chi connectivity index (χ2n) is 13.1. The van der Waals surface area contributed by atoms with Gasteiger partial charge in [0.2, 0.25) is 5.91 Å². The summed E-state index contributed by atoms with van der Waals surface area (Å²) >= 11 is 0. The fourth-order valence-electron chi connectivity index (χ4n) is 6.35. The standard InChI is InChI=1S/C25H39F2N4O3.C8H10O/c1-16(2)23(24(32)30-9-5-6-20(30)17(3)28)21-12-22(29-34-21)33-15-18-7-10-31(4,11-8-18)14-19-13-25(19,26)27;1-9-7-8-5-3-2-4-6-8/h12,16,18-20,23H,3,5-11,13-15,28H2,1-2,4H3;2-6H,7H2,1H3/q+1;. The Bertz CT molecular complexity index is 1200. The summed E-state index contributed by atoms with van der Waals surface area (Å²) in [5.74, 6) is -2.11. The lowest BCUT2D eigenvalue weighted by molar-refractivity contribution is -0.917. The normalized spacial score (nSPS) is 26.9. The summed E-state index contributed by atoms with van der Waals surface area (Å²) in [4.78, 5) is 15.2. The number of methoxy groups -OCH3 is 1. The number of carbonyl (C=O) groups excluding carboxylic acids is 1. The van der Waals surface area contributed by atoms with Gasteiger partial charge in [-0.1, -0.05) is 50.8 Å². The van der Waals surface area contributed by atoms with Crippen LogP contribution < -0.4 is 10.5 Å². The predicted octanol–water partition coefficient (Wildman–Crippen LogP) is 5.60. The Kier molecular flexibility index (Phi) is 10.9. The minimum absolute atomic E-state index is 0.0163. The van der Waals surface area contributed by atoms with E-state index in [1.165, 1.54) is 5.56 Å². The maximum Gasteiger partial charge on any atom is 0.257 e. The van der Waals surface area contributed by atoms with Gasteiger partial charge in [-0.3, -0.25) is 4.79 Å². The molecule has 3 atom stereocenters. The third-order valence-corrected chi connectivity index (χ3v) is 9.10. The van der Waals surface area contributed by atoms with E-state index in [-0.39, 0.29) is 24.3 Å². The SMILES string of the molecule is C=C(N)C1CCCN1C(=O)C(c1cc(OCC2CC[N+](C)(CC3CC3(F)F)CC2)no1)C(C)C.COCc1ccccc1. The smallest absolute Gasteiger partial charge is 0.257 e.